The van der Waals surface area contributed by atoms with Crippen molar-refractivity contribution in [2.45, 2.75) is 0 Å². The molecule has 0 saturated heterocycles. The van der Waals surface area contributed by atoms with Crippen LogP contribution in [-0.4, -0.2) is 19.9 Å². The van der Waals surface area contributed by atoms with Crippen molar-refractivity contribution in [1.29, 1.82) is 0 Å². The first-order chi connectivity index (χ1) is 28.2. The summed E-state index contributed by atoms with van der Waals surface area (Å²) in [5.74, 6) is 1.79. The third-order valence-electron chi connectivity index (χ3n) is 10.8. The fourth-order valence-corrected chi connectivity index (χ4v) is 7.92. The van der Waals surface area contributed by atoms with Gasteiger partial charge in [0.25, 0.3) is 0 Å². The molecule has 11 aromatic rings. The van der Waals surface area contributed by atoms with Gasteiger partial charge in [-0.05, 0) is 80.2 Å². The topological polar surface area (TPSA) is 64.7 Å². The lowest BCUT2D eigenvalue weighted by molar-refractivity contribution is 0.669. The molecule has 266 valence electrons. The third kappa shape index (κ3) is 5.90. The van der Waals surface area contributed by atoms with Gasteiger partial charge in [-0.15, -0.1) is 0 Å². The van der Waals surface area contributed by atoms with Gasteiger partial charge in [0.15, 0.2) is 17.5 Å². The van der Waals surface area contributed by atoms with E-state index in [0.29, 0.717) is 17.5 Å². The van der Waals surface area contributed by atoms with Gasteiger partial charge in [0.05, 0.1) is 5.69 Å². The highest BCUT2D eigenvalue weighted by atomic mass is 16.3. The van der Waals surface area contributed by atoms with Gasteiger partial charge in [0.2, 0.25) is 0 Å². The van der Waals surface area contributed by atoms with Crippen molar-refractivity contribution in [3.8, 4) is 67.7 Å². The summed E-state index contributed by atoms with van der Waals surface area (Å²) >= 11 is 0. The Labute approximate surface area is 328 Å². The van der Waals surface area contributed by atoms with E-state index >= 15 is 0 Å². The van der Waals surface area contributed by atoms with E-state index in [-0.39, 0.29) is 0 Å². The molecule has 3 heterocycles. The lowest BCUT2D eigenvalue weighted by Crippen LogP contribution is -2.00. The van der Waals surface area contributed by atoms with Crippen LogP contribution in [0.5, 0.6) is 0 Å². The molecule has 0 atom stereocenters. The van der Waals surface area contributed by atoms with Gasteiger partial charge in [-0.1, -0.05) is 152 Å². The maximum Gasteiger partial charge on any atom is 0.164 e. The van der Waals surface area contributed by atoms with E-state index in [2.05, 4.69) is 157 Å². The lowest BCUT2D eigenvalue weighted by atomic mass is 9.97. The number of hydrogen-bond acceptors (Lipinski definition) is 5. The van der Waals surface area contributed by atoms with Gasteiger partial charge < -0.3 is 4.42 Å². The van der Waals surface area contributed by atoms with Crippen LogP contribution in [0.25, 0.3) is 111 Å². The van der Waals surface area contributed by atoms with Crippen molar-refractivity contribution < 1.29 is 4.42 Å². The van der Waals surface area contributed by atoms with E-state index in [4.69, 9.17) is 19.4 Å². The Kier molecular flexibility index (Phi) is 7.74. The molecule has 3 aromatic heterocycles. The summed E-state index contributed by atoms with van der Waals surface area (Å²) in [4.78, 5) is 19.8. The summed E-state index contributed by atoms with van der Waals surface area (Å²) in [7, 11) is 0. The predicted octanol–water partition coefficient (Wildman–Crippen LogP) is 13.5. The molecule has 5 heteroatoms. The van der Waals surface area contributed by atoms with Crippen molar-refractivity contribution in [3.63, 3.8) is 0 Å². The average molecular weight is 729 g/mol. The van der Waals surface area contributed by atoms with E-state index in [1.807, 2.05) is 42.6 Å². The summed E-state index contributed by atoms with van der Waals surface area (Å²) in [6, 6.07) is 65.1. The first-order valence-electron chi connectivity index (χ1n) is 19.0. The maximum atomic E-state index is 6.56. The first kappa shape index (κ1) is 32.7. The van der Waals surface area contributed by atoms with Crippen molar-refractivity contribution >= 4 is 43.5 Å². The van der Waals surface area contributed by atoms with Crippen LogP contribution < -0.4 is 0 Å². The van der Waals surface area contributed by atoms with E-state index in [1.165, 1.54) is 16.2 Å². The molecule has 11 rings (SSSR count). The Bertz CT molecular complexity index is 3270. The van der Waals surface area contributed by atoms with Crippen molar-refractivity contribution in [3.05, 3.63) is 194 Å². The number of fused-ring (bicyclic) bond motifs is 6. The van der Waals surface area contributed by atoms with E-state index in [1.54, 1.807) is 0 Å². The second-order valence-electron chi connectivity index (χ2n) is 14.3. The van der Waals surface area contributed by atoms with E-state index < -0.39 is 0 Å². The zero-order chi connectivity index (χ0) is 37.7. The van der Waals surface area contributed by atoms with E-state index in [9.17, 15) is 0 Å². The summed E-state index contributed by atoms with van der Waals surface area (Å²) in [6.07, 6.45) is 1.82. The highest BCUT2D eigenvalue weighted by molar-refractivity contribution is 6.13. The van der Waals surface area contributed by atoms with Crippen molar-refractivity contribution in [2.24, 2.45) is 0 Å². The number of furan rings is 1. The number of benzene rings is 8. The quantitative estimate of drug-likeness (QED) is 0.160. The second kappa shape index (κ2) is 13.5. The summed E-state index contributed by atoms with van der Waals surface area (Å²) in [6.45, 7) is 0. The molecule has 0 saturated carbocycles. The molecule has 0 bridgehead atoms. The molecule has 0 aliphatic rings. The summed E-state index contributed by atoms with van der Waals surface area (Å²) in [5.41, 5.74) is 10.8. The largest absolute Gasteiger partial charge is 0.456 e. The number of rotatable bonds is 6. The maximum absolute atomic E-state index is 6.56. The normalized spacial score (nSPS) is 11.5. The molecule has 0 amide bonds. The Balaban J connectivity index is 1.03. The zero-order valence-electron chi connectivity index (χ0n) is 30.7. The minimum Gasteiger partial charge on any atom is -0.456 e. The molecule has 0 unspecified atom stereocenters. The number of pyridine rings is 1. The minimum atomic E-state index is 0.577. The van der Waals surface area contributed by atoms with Crippen LogP contribution >= 0.6 is 0 Å². The van der Waals surface area contributed by atoms with Crippen LogP contribution in [0, 0.1) is 0 Å². The molecule has 0 N–H and O–H groups in total. The molecule has 0 aliphatic carbocycles. The van der Waals surface area contributed by atoms with Gasteiger partial charge >= 0.3 is 0 Å². The molecular formula is C52H32N4O. The van der Waals surface area contributed by atoms with E-state index in [0.717, 1.165) is 77.5 Å². The predicted molar refractivity (Wildman–Crippen MR) is 233 cm³/mol. The van der Waals surface area contributed by atoms with Crippen LogP contribution in [0.1, 0.15) is 0 Å². The smallest absolute Gasteiger partial charge is 0.164 e. The molecule has 57 heavy (non-hydrogen) atoms. The van der Waals surface area contributed by atoms with Gasteiger partial charge in [-0.3, -0.25) is 4.98 Å². The first-order valence-corrected chi connectivity index (χ1v) is 19.0. The Morgan fingerprint density at radius 2 is 0.930 bits per heavy atom. The van der Waals surface area contributed by atoms with Crippen LogP contribution in [0.2, 0.25) is 0 Å². The molecule has 8 aromatic carbocycles. The van der Waals surface area contributed by atoms with Crippen molar-refractivity contribution in [1.82, 2.24) is 19.9 Å². The molecule has 0 aliphatic heterocycles. The molecule has 0 fully saturated rings. The summed E-state index contributed by atoms with van der Waals surface area (Å²) in [5, 5.41) is 6.87. The average Bonchev–Trinajstić information content (AvgIpc) is 3.68. The number of hydrogen-bond donors (Lipinski definition) is 0. The molecule has 5 nitrogen and oxygen atoms in total. The van der Waals surface area contributed by atoms with Crippen LogP contribution in [-0.2, 0) is 0 Å². The van der Waals surface area contributed by atoms with Crippen molar-refractivity contribution in [2.75, 3.05) is 0 Å². The van der Waals surface area contributed by atoms with Gasteiger partial charge in [-0.25, -0.2) is 15.0 Å². The highest BCUT2D eigenvalue weighted by Crippen LogP contribution is 2.39. The highest BCUT2D eigenvalue weighted by Gasteiger charge is 2.17. The monoisotopic (exact) mass is 728 g/mol. The fourth-order valence-electron chi connectivity index (χ4n) is 7.92. The van der Waals surface area contributed by atoms with Gasteiger partial charge in [0.1, 0.15) is 11.2 Å². The van der Waals surface area contributed by atoms with Crippen LogP contribution in [0.15, 0.2) is 199 Å². The number of aromatic nitrogens is 4. The number of nitrogens with zero attached hydrogens (tertiary/aromatic N) is 4. The lowest BCUT2D eigenvalue weighted by Gasteiger charge is -2.10. The minimum absolute atomic E-state index is 0.577. The third-order valence-corrected chi connectivity index (χ3v) is 10.8. The van der Waals surface area contributed by atoms with Gasteiger partial charge in [-0.2, -0.15) is 0 Å². The fraction of sp³-hybridized carbons (Fsp3) is 0. The van der Waals surface area contributed by atoms with Crippen LogP contribution in [0.3, 0.4) is 0 Å². The molecule has 0 radical (unpaired) electrons. The van der Waals surface area contributed by atoms with Crippen LogP contribution in [0.4, 0.5) is 0 Å². The second-order valence-corrected chi connectivity index (χ2v) is 14.3. The zero-order valence-corrected chi connectivity index (χ0v) is 30.7. The SMILES string of the molecule is c1ccc(-c2ccc(-c3nc(-c4ccc5c(ccc6ccccc65)c4)nc(-c4ccc5c(c4)oc4cccc(-c6ccc(-c7ccccn7)cc6)c45)n3)cc2)cc1. The van der Waals surface area contributed by atoms with Gasteiger partial charge in [0, 0.05) is 39.2 Å². The molecule has 0 spiro atoms. The Morgan fingerprint density at radius 3 is 1.72 bits per heavy atom. The Hall–Kier alpha value is -7.76. The Morgan fingerprint density at radius 1 is 0.333 bits per heavy atom. The molecular weight excluding hydrogens is 697 g/mol. The standard InChI is InChI=1S/C52H32N4O/c1-2-9-33(10-3-1)34-16-23-38(24-17-34)50-54-51(40-26-28-43-39(31-40)25-20-35-11-4-5-12-42(35)43)56-52(55-50)41-27-29-45-48(32-41)57-47-15-8-13-44(49(45)47)36-18-21-37(22-19-36)46-14-6-7-30-53-46/h1-32H. The summed E-state index contributed by atoms with van der Waals surface area (Å²) < 4.78 is 6.56.